The third kappa shape index (κ3) is 2.00. The van der Waals surface area contributed by atoms with Gasteiger partial charge in [0.15, 0.2) is 0 Å². The van der Waals surface area contributed by atoms with Crippen LogP contribution in [0, 0.1) is 6.92 Å². The molecule has 4 nitrogen and oxygen atoms in total. The van der Waals surface area contributed by atoms with Crippen LogP contribution in [-0.4, -0.2) is 19.9 Å². The summed E-state index contributed by atoms with van der Waals surface area (Å²) >= 11 is 0. The molecule has 4 heteroatoms. The molecule has 1 unspecified atom stereocenters. The molecular formula is C15H15N3O. The molecule has 3 rings (SSSR count). The van der Waals surface area contributed by atoms with E-state index in [1.165, 1.54) is 0 Å². The van der Waals surface area contributed by atoms with E-state index in [1.54, 1.807) is 10.9 Å². The lowest BCUT2D eigenvalue weighted by molar-refractivity contribution is 0.215. The highest BCUT2D eigenvalue weighted by Crippen LogP contribution is 2.27. The molecule has 0 aliphatic heterocycles. The first-order valence-electron chi connectivity index (χ1n) is 6.19. The maximum atomic E-state index is 10.5. The Morgan fingerprint density at radius 3 is 2.68 bits per heavy atom. The number of para-hydroxylation sites is 1. The minimum Gasteiger partial charge on any atom is -0.382 e. The van der Waals surface area contributed by atoms with E-state index in [4.69, 9.17) is 0 Å². The Bertz CT molecular complexity index is 716. The minimum absolute atomic E-state index is 0.670. The van der Waals surface area contributed by atoms with Crippen molar-refractivity contribution in [2.45, 2.75) is 13.0 Å². The van der Waals surface area contributed by atoms with Gasteiger partial charge >= 0.3 is 0 Å². The highest BCUT2D eigenvalue weighted by Gasteiger charge is 2.18. The molecule has 0 bridgehead atoms. The molecule has 0 saturated carbocycles. The molecule has 19 heavy (non-hydrogen) atoms. The molecule has 0 radical (unpaired) electrons. The molecule has 0 aliphatic carbocycles. The Hall–Kier alpha value is -2.20. The number of aryl methyl sites for hydroxylation is 2. The number of rotatable bonds is 2. The third-order valence-electron chi connectivity index (χ3n) is 3.30. The lowest BCUT2D eigenvalue weighted by Crippen LogP contribution is -2.03. The van der Waals surface area contributed by atoms with Crippen LogP contribution < -0.4 is 0 Å². The SMILES string of the molecule is Cc1ccc(C(O)c2nn(C)c3ccccc23)cn1. The molecule has 0 amide bonds. The Kier molecular flexibility index (Phi) is 2.80. The second kappa shape index (κ2) is 4.48. The summed E-state index contributed by atoms with van der Waals surface area (Å²) in [6, 6.07) is 11.7. The third-order valence-corrected chi connectivity index (χ3v) is 3.30. The largest absolute Gasteiger partial charge is 0.382 e. The first-order chi connectivity index (χ1) is 9.16. The minimum atomic E-state index is -0.751. The Morgan fingerprint density at radius 1 is 1.16 bits per heavy atom. The summed E-state index contributed by atoms with van der Waals surface area (Å²) in [5.74, 6) is 0. The van der Waals surface area contributed by atoms with Gasteiger partial charge in [-0.1, -0.05) is 24.3 Å². The van der Waals surface area contributed by atoms with Gasteiger partial charge in [0, 0.05) is 29.9 Å². The van der Waals surface area contributed by atoms with Crippen molar-refractivity contribution in [1.29, 1.82) is 0 Å². The normalized spacial score (nSPS) is 12.8. The van der Waals surface area contributed by atoms with Gasteiger partial charge in [0.25, 0.3) is 0 Å². The molecule has 0 fully saturated rings. The summed E-state index contributed by atoms with van der Waals surface area (Å²) in [5.41, 5.74) is 3.37. The number of aliphatic hydroxyl groups is 1. The highest BCUT2D eigenvalue weighted by molar-refractivity contribution is 5.82. The van der Waals surface area contributed by atoms with Crippen LogP contribution in [0.2, 0.25) is 0 Å². The van der Waals surface area contributed by atoms with Gasteiger partial charge in [0.05, 0.1) is 5.52 Å². The molecule has 0 aliphatic rings. The quantitative estimate of drug-likeness (QED) is 0.762. The molecule has 2 heterocycles. The van der Waals surface area contributed by atoms with Crippen molar-refractivity contribution in [2.75, 3.05) is 0 Å². The first kappa shape index (κ1) is 11.9. The number of pyridine rings is 1. The van der Waals surface area contributed by atoms with Gasteiger partial charge < -0.3 is 5.11 Å². The van der Waals surface area contributed by atoms with Crippen molar-refractivity contribution in [3.05, 3.63) is 59.5 Å². The predicted octanol–water partition coefficient (Wildman–Crippen LogP) is 2.36. The zero-order chi connectivity index (χ0) is 13.4. The maximum absolute atomic E-state index is 10.5. The number of fused-ring (bicyclic) bond motifs is 1. The van der Waals surface area contributed by atoms with Crippen molar-refractivity contribution in [2.24, 2.45) is 7.05 Å². The number of nitrogens with zero attached hydrogens (tertiary/aromatic N) is 3. The monoisotopic (exact) mass is 253 g/mol. The van der Waals surface area contributed by atoms with Crippen molar-refractivity contribution < 1.29 is 5.11 Å². The van der Waals surface area contributed by atoms with E-state index < -0.39 is 6.10 Å². The van der Waals surface area contributed by atoms with E-state index >= 15 is 0 Å². The standard InChI is InChI=1S/C15H15N3O/c1-10-7-8-11(9-16-10)15(19)14-12-5-3-4-6-13(12)18(2)17-14/h3-9,15,19H,1-2H3. The van der Waals surface area contributed by atoms with E-state index in [9.17, 15) is 5.11 Å². The lowest BCUT2D eigenvalue weighted by Gasteiger charge is -2.08. The van der Waals surface area contributed by atoms with Crippen LogP contribution in [-0.2, 0) is 7.05 Å². The second-order valence-corrected chi connectivity index (χ2v) is 4.66. The molecule has 2 aromatic heterocycles. The van der Waals surface area contributed by atoms with Crippen LogP contribution in [0.25, 0.3) is 10.9 Å². The summed E-state index contributed by atoms with van der Waals surface area (Å²) < 4.78 is 1.79. The fourth-order valence-corrected chi connectivity index (χ4v) is 2.24. The summed E-state index contributed by atoms with van der Waals surface area (Å²) in [6.45, 7) is 1.92. The van der Waals surface area contributed by atoms with Gasteiger partial charge in [-0.2, -0.15) is 5.10 Å². The van der Waals surface area contributed by atoms with E-state index in [-0.39, 0.29) is 0 Å². The maximum Gasteiger partial charge on any atom is 0.125 e. The molecule has 1 atom stereocenters. The average Bonchev–Trinajstić information content (AvgIpc) is 2.77. The Morgan fingerprint density at radius 2 is 1.95 bits per heavy atom. The van der Waals surface area contributed by atoms with Crippen LogP contribution in [0.3, 0.4) is 0 Å². The number of benzene rings is 1. The van der Waals surface area contributed by atoms with Gasteiger partial charge in [-0.15, -0.1) is 0 Å². The van der Waals surface area contributed by atoms with E-state index in [1.807, 2.05) is 50.4 Å². The molecule has 0 saturated heterocycles. The van der Waals surface area contributed by atoms with Crippen molar-refractivity contribution in [1.82, 2.24) is 14.8 Å². The zero-order valence-electron chi connectivity index (χ0n) is 10.9. The van der Waals surface area contributed by atoms with Crippen LogP contribution in [0.15, 0.2) is 42.6 Å². The summed E-state index contributed by atoms with van der Waals surface area (Å²) in [4.78, 5) is 4.22. The number of aromatic nitrogens is 3. The summed E-state index contributed by atoms with van der Waals surface area (Å²) in [6.07, 6.45) is 0.947. The van der Waals surface area contributed by atoms with Crippen molar-refractivity contribution in [3.63, 3.8) is 0 Å². The van der Waals surface area contributed by atoms with Crippen molar-refractivity contribution in [3.8, 4) is 0 Å². The number of hydrogen-bond acceptors (Lipinski definition) is 3. The molecule has 3 aromatic rings. The smallest absolute Gasteiger partial charge is 0.125 e. The van der Waals surface area contributed by atoms with Crippen LogP contribution >= 0.6 is 0 Å². The summed E-state index contributed by atoms with van der Waals surface area (Å²) in [7, 11) is 1.88. The van der Waals surface area contributed by atoms with Gasteiger partial charge in [-0.25, -0.2) is 0 Å². The van der Waals surface area contributed by atoms with E-state index in [0.717, 1.165) is 22.2 Å². The number of aliphatic hydroxyl groups excluding tert-OH is 1. The zero-order valence-corrected chi connectivity index (χ0v) is 10.9. The highest BCUT2D eigenvalue weighted by atomic mass is 16.3. The molecule has 96 valence electrons. The second-order valence-electron chi connectivity index (χ2n) is 4.66. The fraction of sp³-hybridized carbons (Fsp3) is 0.200. The van der Waals surface area contributed by atoms with E-state index in [0.29, 0.717) is 5.69 Å². The van der Waals surface area contributed by atoms with Gasteiger partial charge in [-0.3, -0.25) is 9.67 Å². The summed E-state index contributed by atoms with van der Waals surface area (Å²) in [5, 5.41) is 15.9. The predicted molar refractivity (Wildman–Crippen MR) is 73.7 cm³/mol. The Balaban J connectivity index is 2.11. The Labute approximate surface area is 111 Å². The lowest BCUT2D eigenvalue weighted by atomic mass is 10.1. The van der Waals surface area contributed by atoms with Gasteiger partial charge in [0.1, 0.15) is 11.8 Å². The first-order valence-corrected chi connectivity index (χ1v) is 6.19. The average molecular weight is 253 g/mol. The van der Waals surface area contributed by atoms with Gasteiger partial charge in [0.2, 0.25) is 0 Å². The molecule has 1 N–H and O–H groups in total. The van der Waals surface area contributed by atoms with E-state index in [2.05, 4.69) is 10.1 Å². The molecule has 1 aromatic carbocycles. The fourth-order valence-electron chi connectivity index (χ4n) is 2.24. The topological polar surface area (TPSA) is 50.9 Å². The van der Waals surface area contributed by atoms with Crippen LogP contribution in [0.1, 0.15) is 23.1 Å². The van der Waals surface area contributed by atoms with Crippen LogP contribution in [0.5, 0.6) is 0 Å². The molecule has 0 spiro atoms. The van der Waals surface area contributed by atoms with Crippen LogP contribution in [0.4, 0.5) is 0 Å². The molecular weight excluding hydrogens is 238 g/mol. The number of hydrogen-bond donors (Lipinski definition) is 1. The van der Waals surface area contributed by atoms with Crippen molar-refractivity contribution >= 4 is 10.9 Å². The van der Waals surface area contributed by atoms with Gasteiger partial charge in [-0.05, 0) is 19.1 Å².